The van der Waals surface area contributed by atoms with E-state index in [2.05, 4.69) is 5.32 Å². The summed E-state index contributed by atoms with van der Waals surface area (Å²) in [5.41, 5.74) is 0.771. The van der Waals surface area contributed by atoms with Gasteiger partial charge in [0.25, 0.3) is 0 Å². The van der Waals surface area contributed by atoms with Crippen LogP contribution in [0.1, 0.15) is 26.2 Å². The highest BCUT2D eigenvalue weighted by atomic mass is 16.2. The molecule has 0 aliphatic carbocycles. The molecule has 1 aromatic rings. The van der Waals surface area contributed by atoms with E-state index in [1.54, 1.807) is 4.90 Å². The van der Waals surface area contributed by atoms with E-state index in [4.69, 9.17) is 0 Å². The van der Waals surface area contributed by atoms with Gasteiger partial charge in [0.05, 0.1) is 0 Å². The predicted molar refractivity (Wildman–Crippen MR) is 70.1 cm³/mol. The van der Waals surface area contributed by atoms with Crippen molar-refractivity contribution in [2.24, 2.45) is 0 Å². The molecule has 1 atom stereocenters. The van der Waals surface area contributed by atoms with Gasteiger partial charge < -0.3 is 10.2 Å². The average molecular weight is 246 g/mol. The highest BCUT2D eigenvalue weighted by Crippen LogP contribution is 2.17. The average Bonchev–Trinajstić information content (AvgIpc) is 2.78. The van der Waals surface area contributed by atoms with Gasteiger partial charge >= 0.3 is 0 Å². The zero-order valence-electron chi connectivity index (χ0n) is 10.6. The first-order valence-corrected chi connectivity index (χ1v) is 6.37. The first kappa shape index (κ1) is 12.6. The fourth-order valence-corrected chi connectivity index (χ4v) is 2.29. The molecule has 2 amide bonds. The van der Waals surface area contributed by atoms with Gasteiger partial charge in [-0.1, -0.05) is 25.1 Å². The Bertz CT molecular complexity index is 431. The standard InChI is InChI=1S/C14H18N2O2/c1-2-12(16-10-6-9-13(16)17)14(18)15-11-7-4-3-5-8-11/h3-5,7-8,12H,2,6,9-10H2,1H3,(H,15,18)/t12-/m0/s1. The SMILES string of the molecule is CC[C@@H](C(=O)Nc1ccccc1)N1CCCC1=O. The quantitative estimate of drug-likeness (QED) is 0.883. The molecule has 0 spiro atoms. The molecule has 4 heteroatoms. The first-order chi connectivity index (χ1) is 8.72. The summed E-state index contributed by atoms with van der Waals surface area (Å²) in [6.07, 6.45) is 2.06. The summed E-state index contributed by atoms with van der Waals surface area (Å²) in [5.74, 6) is -0.0102. The molecule has 1 saturated heterocycles. The lowest BCUT2D eigenvalue weighted by atomic mass is 10.1. The number of hydrogen-bond donors (Lipinski definition) is 1. The summed E-state index contributed by atoms with van der Waals surface area (Å²) in [6.45, 7) is 2.63. The monoisotopic (exact) mass is 246 g/mol. The van der Waals surface area contributed by atoms with Crippen LogP contribution >= 0.6 is 0 Å². The van der Waals surface area contributed by atoms with Crippen molar-refractivity contribution in [1.82, 2.24) is 4.90 Å². The zero-order valence-corrected chi connectivity index (χ0v) is 10.6. The Morgan fingerprint density at radius 1 is 1.39 bits per heavy atom. The highest BCUT2D eigenvalue weighted by molar-refractivity contribution is 5.97. The summed E-state index contributed by atoms with van der Waals surface area (Å²) in [6, 6.07) is 8.99. The molecular formula is C14H18N2O2. The molecule has 1 aliphatic rings. The van der Waals surface area contributed by atoms with Crippen molar-refractivity contribution in [3.8, 4) is 0 Å². The van der Waals surface area contributed by atoms with Gasteiger partial charge in [0.2, 0.25) is 11.8 Å². The van der Waals surface area contributed by atoms with Crippen LogP contribution in [-0.4, -0.2) is 29.3 Å². The van der Waals surface area contributed by atoms with Crippen molar-refractivity contribution >= 4 is 17.5 Å². The molecule has 4 nitrogen and oxygen atoms in total. The molecule has 1 fully saturated rings. The van der Waals surface area contributed by atoms with Crippen LogP contribution in [0.2, 0.25) is 0 Å². The molecule has 2 rings (SSSR count). The van der Waals surface area contributed by atoms with E-state index in [9.17, 15) is 9.59 Å². The molecule has 0 bridgehead atoms. The number of likely N-dealkylation sites (tertiary alicyclic amines) is 1. The van der Waals surface area contributed by atoms with Crippen LogP contribution in [0.25, 0.3) is 0 Å². The number of nitrogens with one attached hydrogen (secondary N) is 1. The van der Waals surface area contributed by atoms with Crippen LogP contribution in [-0.2, 0) is 9.59 Å². The van der Waals surface area contributed by atoms with Crippen LogP contribution in [0.4, 0.5) is 5.69 Å². The number of para-hydroxylation sites is 1. The van der Waals surface area contributed by atoms with E-state index in [0.717, 1.165) is 12.1 Å². The Morgan fingerprint density at radius 2 is 2.11 bits per heavy atom. The van der Waals surface area contributed by atoms with Gasteiger partial charge in [0.15, 0.2) is 0 Å². The van der Waals surface area contributed by atoms with E-state index >= 15 is 0 Å². The van der Waals surface area contributed by atoms with Crippen molar-refractivity contribution in [1.29, 1.82) is 0 Å². The molecule has 1 N–H and O–H groups in total. The summed E-state index contributed by atoms with van der Waals surface area (Å²) in [4.78, 5) is 25.5. The van der Waals surface area contributed by atoms with Crippen LogP contribution < -0.4 is 5.32 Å². The second kappa shape index (κ2) is 5.67. The Labute approximate surface area is 107 Å². The number of rotatable bonds is 4. The third-order valence-electron chi connectivity index (χ3n) is 3.22. The fraction of sp³-hybridized carbons (Fsp3) is 0.429. The van der Waals surface area contributed by atoms with E-state index < -0.39 is 0 Å². The Balaban J connectivity index is 2.04. The Kier molecular flexibility index (Phi) is 3.97. The number of carbonyl (C=O) groups is 2. The Hall–Kier alpha value is -1.84. The maximum Gasteiger partial charge on any atom is 0.247 e. The van der Waals surface area contributed by atoms with Gasteiger partial charge in [-0.25, -0.2) is 0 Å². The topological polar surface area (TPSA) is 49.4 Å². The minimum absolute atomic E-state index is 0.0880. The third-order valence-corrected chi connectivity index (χ3v) is 3.22. The maximum atomic E-state index is 12.2. The van der Waals surface area contributed by atoms with Crippen molar-refractivity contribution in [2.75, 3.05) is 11.9 Å². The minimum atomic E-state index is -0.347. The lowest BCUT2D eigenvalue weighted by Gasteiger charge is -2.25. The highest BCUT2D eigenvalue weighted by Gasteiger charge is 2.31. The molecule has 0 radical (unpaired) electrons. The van der Waals surface area contributed by atoms with E-state index in [1.165, 1.54) is 0 Å². The normalized spacial score (nSPS) is 16.7. The number of benzene rings is 1. The van der Waals surface area contributed by atoms with Gasteiger partial charge in [0.1, 0.15) is 6.04 Å². The van der Waals surface area contributed by atoms with Gasteiger partial charge in [0, 0.05) is 18.7 Å². The maximum absolute atomic E-state index is 12.2. The van der Waals surface area contributed by atoms with E-state index in [-0.39, 0.29) is 17.9 Å². The van der Waals surface area contributed by atoms with Crippen LogP contribution in [0.5, 0.6) is 0 Å². The number of anilines is 1. The molecule has 1 aliphatic heterocycles. The number of carbonyl (C=O) groups excluding carboxylic acids is 2. The molecular weight excluding hydrogens is 228 g/mol. The minimum Gasteiger partial charge on any atom is -0.331 e. The molecule has 1 heterocycles. The summed E-state index contributed by atoms with van der Waals surface area (Å²) in [5, 5.41) is 2.86. The lowest BCUT2D eigenvalue weighted by Crippen LogP contribution is -2.44. The molecule has 18 heavy (non-hydrogen) atoms. The number of hydrogen-bond acceptors (Lipinski definition) is 2. The molecule has 0 unspecified atom stereocenters. The number of amides is 2. The lowest BCUT2D eigenvalue weighted by molar-refractivity contribution is -0.135. The van der Waals surface area contributed by atoms with Crippen molar-refractivity contribution < 1.29 is 9.59 Å². The summed E-state index contributed by atoms with van der Waals surface area (Å²) < 4.78 is 0. The Morgan fingerprint density at radius 3 is 2.67 bits per heavy atom. The van der Waals surface area contributed by atoms with E-state index in [0.29, 0.717) is 19.4 Å². The van der Waals surface area contributed by atoms with Crippen molar-refractivity contribution in [2.45, 2.75) is 32.2 Å². The summed E-state index contributed by atoms with van der Waals surface area (Å²) in [7, 11) is 0. The molecule has 0 saturated carbocycles. The third kappa shape index (κ3) is 2.70. The van der Waals surface area contributed by atoms with Crippen molar-refractivity contribution in [3.05, 3.63) is 30.3 Å². The second-order valence-electron chi connectivity index (χ2n) is 4.47. The van der Waals surface area contributed by atoms with Crippen LogP contribution in [0.3, 0.4) is 0 Å². The van der Waals surface area contributed by atoms with Crippen molar-refractivity contribution in [3.63, 3.8) is 0 Å². The first-order valence-electron chi connectivity index (χ1n) is 6.37. The molecule has 96 valence electrons. The molecule has 1 aromatic carbocycles. The van der Waals surface area contributed by atoms with Crippen LogP contribution in [0, 0.1) is 0 Å². The summed E-state index contributed by atoms with van der Waals surface area (Å²) >= 11 is 0. The smallest absolute Gasteiger partial charge is 0.247 e. The second-order valence-corrected chi connectivity index (χ2v) is 4.47. The van der Waals surface area contributed by atoms with E-state index in [1.807, 2.05) is 37.3 Å². The fourth-order valence-electron chi connectivity index (χ4n) is 2.29. The van der Waals surface area contributed by atoms with Crippen LogP contribution in [0.15, 0.2) is 30.3 Å². The largest absolute Gasteiger partial charge is 0.331 e. The van der Waals surface area contributed by atoms with Gasteiger partial charge in [-0.15, -0.1) is 0 Å². The molecule has 0 aromatic heterocycles. The zero-order chi connectivity index (χ0) is 13.0. The predicted octanol–water partition coefficient (Wildman–Crippen LogP) is 2.03. The van der Waals surface area contributed by atoms with Gasteiger partial charge in [-0.2, -0.15) is 0 Å². The number of nitrogens with zero attached hydrogens (tertiary/aromatic N) is 1. The van der Waals surface area contributed by atoms with Gasteiger partial charge in [-0.3, -0.25) is 9.59 Å². The van der Waals surface area contributed by atoms with Gasteiger partial charge in [-0.05, 0) is 25.0 Å².